The maximum atomic E-state index is 12.5. The quantitative estimate of drug-likeness (QED) is 0.546. The second kappa shape index (κ2) is 9.49. The van der Waals surface area contributed by atoms with Gasteiger partial charge < -0.3 is 9.88 Å². The first-order valence-electron chi connectivity index (χ1n) is 11.1. The lowest BCUT2D eigenvalue weighted by molar-refractivity contribution is 0.0911. The minimum Gasteiger partial charge on any atom is -0.348 e. The molecule has 178 valence electrons. The number of hydrogen-bond donors (Lipinski definition) is 1. The van der Waals surface area contributed by atoms with Crippen LogP contribution in [0.1, 0.15) is 41.0 Å². The number of nitrogens with one attached hydrogen (secondary N) is 1. The molecule has 11 heteroatoms. The first-order valence-corrected chi connectivity index (χ1v) is 13.4. The number of aromatic nitrogens is 3. The molecule has 3 aromatic rings. The SMILES string of the molecule is CCn1c(CN2CCC(NC(=O)c3scnc3C)CC2)nc2cc(S(=O)(=O)N(C)C)ccc21. The molecule has 1 aromatic carbocycles. The maximum absolute atomic E-state index is 12.5. The fourth-order valence-electron chi connectivity index (χ4n) is 4.21. The Hall–Kier alpha value is -2.34. The lowest BCUT2D eigenvalue weighted by atomic mass is 10.0. The number of rotatable bonds is 7. The number of likely N-dealkylation sites (tertiary alicyclic amines) is 1. The average Bonchev–Trinajstić information content (AvgIpc) is 3.37. The molecule has 3 heterocycles. The first kappa shape index (κ1) is 23.8. The van der Waals surface area contributed by atoms with Crippen molar-refractivity contribution in [3.63, 3.8) is 0 Å². The number of carbonyl (C=O) groups excluding carboxylic acids is 1. The first-order chi connectivity index (χ1) is 15.7. The number of amides is 1. The molecule has 1 amide bonds. The van der Waals surface area contributed by atoms with Crippen molar-refractivity contribution in [2.24, 2.45) is 0 Å². The molecule has 0 radical (unpaired) electrons. The van der Waals surface area contributed by atoms with E-state index in [9.17, 15) is 13.2 Å². The molecular weight excluding hydrogens is 460 g/mol. The highest BCUT2D eigenvalue weighted by Crippen LogP contribution is 2.24. The molecule has 2 aromatic heterocycles. The van der Waals surface area contributed by atoms with E-state index in [1.807, 2.05) is 13.0 Å². The fraction of sp³-hybridized carbons (Fsp3) is 0.500. The Balaban J connectivity index is 1.44. The summed E-state index contributed by atoms with van der Waals surface area (Å²) in [5.74, 6) is 0.888. The molecule has 1 aliphatic rings. The number of sulfonamides is 1. The minimum atomic E-state index is -3.51. The predicted octanol–water partition coefficient (Wildman–Crippen LogP) is 2.47. The number of benzene rings is 1. The van der Waals surface area contributed by atoms with Crippen LogP contribution in [0.3, 0.4) is 0 Å². The molecule has 1 aliphatic heterocycles. The van der Waals surface area contributed by atoms with Gasteiger partial charge in [0.2, 0.25) is 10.0 Å². The molecule has 33 heavy (non-hydrogen) atoms. The van der Waals surface area contributed by atoms with Crippen molar-refractivity contribution < 1.29 is 13.2 Å². The highest BCUT2D eigenvalue weighted by Gasteiger charge is 2.24. The molecule has 0 aliphatic carbocycles. The van der Waals surface area contributed by atoms with Crippen molar-refractivity contribution in [1.82, 2.24) is 29.1 Å². The lowest BCUT2D eigenvalue weighted by Gasteiger charge is -2.32. The van der Waals surface area contributed by atoms with E-state index in [1.54, 1.807) is 17.6 Å². The third-order valence-electron chi connectivity index (χ3n) is 6.13. The van der Waals surface area contributed by atoms with E-state index in [0.717, 1.165) is 49.5 Å². The molecule has 0 bridgehead atoms. The van der Waals surface area contributed by atoms with Crippen LogP contribution < -0.4 is 5.32 Å². The van der Waals surface area contributed by atoms with Crippen LogP contribution in [0.15, 0.2) is 28.6 Å². The van der Waals surface area contributed by atoms with Crippen molar-refractivity contribution in [2.45, 2.75) is 50.7 Å². The Morgan fingerprint density at radius 3 is 2.61 bits per heavy atom. The number of imidazole rings is 1. The second-order valence-corrected chi connectivity index (χ2v) is 11.5. The molecule has 0 saturated carbocycles. The molecule has 0 unspecified atom stereocenters. The highest BCUT2D eigenvalue weighted by atomic mass is 32.2. The van der Waals surface area contributed by atoms with Crippen LogP contribution in [0, 0.1) is 6.92 Å². The van der Waals surface area contributed by atoms with E-state index >= 15 is 0 Å². The number of thiazole rings is 1. The smallest absolute Gasteiger partial charge is 0.263 e. The summed E-state index contributed by atoms with van der Waals surface area (Å²) in [6.07, 6.45) is 1.75. The van der Waals surface area contributed by atoms with Crippen LogP contribution in [-0.2, 0) is 23.1 Å². The Bertz CT molecular complexity index is 1260. The number of piperidine rings is 1. The number of aryl methyl sites for hydroxylation is 2. The summed E-state index contributed by atoms with van der Waals surface area (Å²) in [5.41, 5.74) is 4.10. The van der Waals surface area contributed by atoms with Gasteiger partial charge in [0.25, 0.3) is 5.91 Å². The fourth-order valence-corrected chi connectivity index (χ4v) is 5.84. The molecular formula is C22H30N6O3S2. The van der Waals surface area contributed by atoms with Crippen molar-refractivity contribution in [3.05, 3.63) is 40.1 Å². The van der Waals surface area contributed by atoms with Gasteiger partial charge in [-0.25, -0.2) is 22.7 Å². The Morgan fingerprint density at radius 2 is 2.00 bits per heavy atom. The van der Waals surface area contributed by atoms with Gasteiger partial charge in [-0.05, 0) is 44.9 Å². The van der Waals surface area contributed by atoms with E-state index in [1.165, 1.54) is 29.7 Å². The Morgan fingerprint density at radius 1 is 1.27 bits per heavy atom. The van der Waals surface area contributed by atoms with E-state index < -0.39 is 10.0 Å². The van der Waals surface area contributed by atoms with Crippen LogP contribution >= 0.6 is 11.3 Å². The van der Waals surface area contributed by atoms with Gasteiger partial charge in [-0.15, -0.1) is 11.3 Å². The standard InChI is InChI=1S/C22H30N6O3S2/c1-5-28-19-7-6-17(33(30,31)26(3)4)12-18(19)25-20(28)13-27-10-8-16(9-11-27)24-22(29)21-15(2)23-14-32-21/h6-7,12,14,16H,5,8-11,13H2,1-4H3,(H,24,29). The van der Waals surface area contributed by atoms with Gasteiger partial charge in [-0.2, -0.15) is 0 Å². The number of fused-ring (bicyclic) bond motifs is 1. The van der Waals surface area contributed by atoms with Crippen LogP contribution in [0.2, 0.25) is 0 Å². The minimum absolute atomic E-state index is 0.0373. The third-order valence-corrected chi connectivity index (χ3v) is 8.87. The zero-order valence-corrected chi connectivity index (χ0v) is 21.0. The van der Waals surface area contributed by atoms with Crippen molar-refractivity contribution in [1.29, 1.82) is 0 Å². The predicted molar refractivity (Wildman–Crippen MR) is 129 cm³/mol. The van der Waals surface area contributed by atoms with Crippen LogP contribution in [0.25, 0.3) is 11.0 Å². The van der Waals surface area contributed by atoms with Crippen molar-refractivity contribution in [2.75, 3.05) is 27.2 Å². The number of nitrogens with zero attached hydrogens (tertiary/aromatic N) is 5. The lowest BCUT2D eigenvalue weighted by Crippen LogP contribution is -2.44. The number of carbonyl (C=O) groups is 1. The molecule has 9 nitrogen and oxygen atoms in total. The van der Waals surface area contributed by atoms with Gasteiger partial charge in [-0.1, -0.05) is 0 Å². The molecule has 1 fully saturated rings. The summed E-state index contributed by atoms with van der Waals surface area (Å²) < 4.78 is 28.4. The van der Waals surface area contributed by atoms with Gasteiger partial charge >= 0.3 is 0 Å². The highest BCUT2D eigenvalue weighted by molar-refractivity contribution is 7.89. The van der Waals surface area contributed by atoms with E-state index in [2.05, 4.69) is 26.7 Å². The Labute approximate surface area is 198 Å². The molecule has 1 N–H and O–H groups in total. The normalized spacial score (nSPS) is 16.0. The van der Waals surface area contributed by atoms with Gasteiger partial charge in [-0.3, -0.25) is 9.69 Å². The van der Waals surface area contributed by atoms with Crippen molar-refractivity contribution >= 4 is 38.3 Å². The summed E-state index contributed by atoms with van der Waals surface area (Å²) in [7, 11) is -0.449. The molecule has 1 saturated heterocycles. The van der Waals surface area contributed by atoms with Gasteiger partial charge in [0, 0.05) is 39.8 Å². The molecule has 0 spiro atoms. The zero-order chi connectivity index (χ0) is 23.8. The van der Waals surface area contributed by atoms with E-state index in [-0.39, 0.29) is 16.8 Å². The van der Waals surface area contributed by atoms with Crippen molar-refractivity contribution in [3.8, 4) is 0 Å². The van der Waals surface area contributed by atoms with Crippen LogP contribution in [-0.4, -0.2) is 71.3 Å². The summed E-state index contributed by atoms with van der Waals surface area (Å²) in [6, 6.07) is 5.30. The van der Waals surface area contributed by atoms with Gasteiger partial charge in [0.05, 0.1) is 33.7 Å². The zero-order valence-electron chi connectivity index (χ0n) is 19.4. The van der Waals surface area contributed by atoms with Crippen LogP contribution in [0.4, 0.5) is 0 Å². The summed E-state index contributed by atoms with van der Waals surface area (Å²) in [5, 5.41) is 3.14. The topological polar surface area (TPSA) is 100 Å². The molecule has 4 rings (SSSR count). The summed E-state index contributed by atoms with van der Waals surface area (Å²) in [6.45, 7) is 7.09. The second-order valence-electron chi connectivity index (χ2n) is 8.50. The van der Waals surface area contributed by atoms with Gasteiger partial charge in [0.15, 0.2) is 0 Å². The largest absolute Gasteiger partial charge is 0.348 e. The van der Waals surface area contributed by atoms with Crippen LogP contribution in [0.5, 0.6) is 0 Å². The van der Waals surface area contributed by atoms with Gasteiger partial charge in [0.1, 0.15) is 10.7 Å². The molecule has 0 atom stereocenters. The summed E-state index contributed by atoms with van der Waals surface area (Å²) >= 11 is 1.37. The third kappa shape index (κ3) is 4.81. The summed E-state index contributed by atoms with van der Waals surface area (Å²) in [4.78, 5) is 24.7. The van der Waals surface area contributed by atoms with E-state index in [0.29, 0.717) is 16.9 Å². The number of hydrogen-bond acceptors (Lipinski definition) is 7. The maximum Gasteiger partial charge on any atom is 0.263 e. The van der Waals surface area contributed by atoms with E-state index in [4.69, 9.17) is 4.98 Å². The Kier molecular flexibility index (Phi) is 6.85. The monoisotopic (exact) mass is 490 g/mol. The average molecular weight is 491 g/mol.